The summed E-state index contributed by atoms with van der Waals surface area (Å²) >= 11 is 0. The van der Waals surface area contributed by atoms with E-state index in [1.54, 1.807) is 18.2 Å². The largest absolute Gasteiger partial charge is 0.354 e. The van der Waals surface area contributed by atoms with E-state index < -0.39 is 39.5 Å². The minimum atomic E-state index is -3.85. The molecule has 4 rings (SSSR count). The van der Waals surface area contributed by atoms with Gasteiger partial charge in [-0.25, -0.2) is 8.42 Å². The molecule has 0 unspecified atom stereocenters. The lowest BCUT2D eigenvalue weighted by molar-refractivity contribution is -0.664. The van der Waals surface area contributed by atoms with E-state index in [4.69, 9.17) is 0 Å². The second kappa shape index (κ2) is 11.4. The molecule has 11 nitrogen and oxygen atoms in total. The molecule has 2 atom stereocenters. The van der Waals surface area contributed by atoms with Crippen LogP contribution < -0.4 is 16.0 Å². The van der Waals surface area contributed by atoms with Crippen LogP contribution in [0.2, 0.25) is 0 Å². The maximum Gasteiger partial charge on any atom is 0.245 e. The van der Waals surface area contributed by atoms with Crippen LogP contribution in [-0.4, -0.2) is 99.0 Å². The summed E-state index contributed by atoms with van der Waals surface area (Å²) in [6.07, 6.45) is 2.65. The molecule has 3 aliphatic heterocycles. The van der Waals surface area contributed by atoms with Gasteiger partial charge in [0.15, 0.2) is 9.84 Å². The number of hydrogen-bond donors (Lipinski definition) is 3. The number of amides is 4. The summed E-state index contributed by atoms with van der Waals surface area (Å²) in [5.41, 5.74) is 0. The van der Waals surface area contributed by atoms with Crippen molar-refractivity contribution in [3.8, 4) is 0 Å². The Morgan fingerprint density at radius 2 is 1.78 bits per heavy atom. The number of carbonyl (C=O) groups is 4. The molecular weight excluding hydrogens is 486 g/mol. The number of quaternary nitrogens is 1. The van der Waals surface area contributed by atoms with E-state index in [9.17, 15) is 27.6 Å². The van der Waals surface area contributed by atoms with Gasteiger partial charge in [-0.1, -0.05) is 18.2 Å². The van der Waals surface area contributed by atoms with Crippen molar-refractivity contribution in [3.63, 3.8) is 0 Å². The number of nitrogens with zero attached hydrogens (tertiary/aromatic N) is 2. The van der Waals surface area contributed by atoms with Gasteiger partial charge in [-0.2, -0.15) is 0 Å². The zero-order valence-corrected chi connectivity index (χ0v) is 21.0. The third-order valence-electron chi connectivity index (χ3n) is 7.12. The number of benzene rings is 1. The van der Waals surface area contributed by atoms with E-state index in [1.807, 2.05) is 0 Å². The Balaban J connectivity index is 1.49. The fourth-order valence-corrected chi connectivity index (χ4v) is 6.29. The predicted molar refractivity (Wildman–Crippen MR) is 129 cm³/mol. The van der Waals surface area contributed by atoms with Crippen LogP contribution in [0.5, 0.6) is 0 Å². The summed E-state index contributed by atoms with van der Waals surface area (Å²) in [5, 5.41) is 7.63. The average Bonchev–Trinajstić information content (AvgIpc) is 2.90. The highest BCUT2D eigenvalue weighted by Gasteiger charge is 2.41. The van der Waals surface area contributed by atoms with E-state index in [0.29, 0.717) is 25.8 Å². The molecule has 3 heterocycles. The lowest BCUT2D eigenvalue weighted by atomic mass is 9.95. The van der Waals surface area contributed by atoms with Crippen molar-refractivity contribution in [3.05, 3.63) is 30.3 Å². The minimum absolute atomic E-state index is 0.0545. The highest BCUT2D eigenvalue weighted by molar-refractivity contribution is 7.92. The van der Waals surface area contributed by atoms with Crippen molar-refractivity contribution in [1.82, 2.24) is 20.4 Å². The topological polar surface area (TPSA) is 150 Å². The molecule has 0 bridgehead atoms. The van der Waals surface area contributed by atoms with Gasteiger partial charge in [0.25, 0.3) is 0 Å². The van der Waals surface area contributed by atoms with Gasteiger partial charge in [0, 0.05) is 38.4 Å². The number of piperazine rings is 1. The lowest BCUT2D eigenvalue weighted by Gasteiger charge is -2.42. The molecule has 0 spiro atoms. The van der Waals surface area contributed by atoms with E-state index in [0.717, 1.165) is 19.5 Å². The number of hydrogen-bond acceptors (Lipinski definition) is 6. The molecule has 1 aromatic carbocycles. The zero-order valence-electron chi connectivity index (χ0n) is 20.2. The molecule has 0 aliphatic carbocycles. The molecule has 3 saturated heterocycles. The molecule has 3 fully saturated rings. The van der Waals surface area contributed by atoms with Crippen LogP contribution in [-0.2, 0) is 29.0 Å². The number of nitrogens with two attached hydrogens (primary N) is 1. The van der Waals surface area contributed by atoms with Crippen molar-refractivity contribution < 1.29 is 32.9 Å². The van der Waals surface area contributed by atoms with Crippen molar-refractivity contribution in [2.75, 3.05) is 45.0 Å². The van der Waals surface area contributed by atoms with Crippen molar-refractivity contribution in [1.29, 1.82) is 0 Å². The Bertz CT molecular complexity index is 1090. The Hall–Kier alpha value is -2.99. The maximum absolute atomic E-state index is 13.4. The number of rotatable bonds is 6. The first-order chi connectivity index (χ1) is 17.3. The molecule has 1 aromatic rings. The first kappa shape index (κ1) is 26.1. The normalized spacial score (nSPS) is 23.6. The molecule has 36 heavy (non-hydrogen) atoms. The minimum Gasteiger partial charge on any atom is -0.354 e. The number of sulfone groups is 1. The average molecular weight is 521 g/mol. The summed E-state index contributed by atoms with van der Waals surface area (Å²) in [7, 11) is -3.85. The molecule has 0 radical (unpaired) electrons. The third kappa shape index (κ3) is 6.04. The summed E-state index contributed by atoms with van der Waals surface area (Å²) < 4.78 is 25.5. The van der Waals surface area contributed by atoms with Crippen LogP contribution in [0.25, 0.3) is 0 Å². The van der Waals surface area contributed by atoms with E-state index in [2.05, 4.69) is 16.0 Å². The van der Waals surface area contributed by atoms with Gasteiger partial charge in [-0.15, -0.1) is 0 Å². The molecular formula is C24H34N5O6S+. The molecule has 0 aromatic heterocycles. The monoisotopic (exact) mass is 520 g/mol. The summed E-state index contributed by atoms with van der Waals surface area (Å²) in [6.45, 7) is 2.38. The van der Waals surface area contributed by atoms with Crippen LogP contribution in [0, 0.1) is 5.92 Å². The van der Waals surface area contributed by atoms with Crippen LogP contribution >= 0.6 is 0 Å². The fourth-order valence-electron chi connectivity index (χ4n) is 5.05. The second-order valence-corrected chi connectivity index (χ2v) is 11.6. The summed E-state index contributed by atoms with van der Waals surface area (Å²) in [4.78, 5) is 54.8. The van der Waals surface area contributed by atoms with Gasteiger partial charge in [0.1, 0.15) is 17.8 Å². The van der Waals surface area contributed by atoms with Gasteiger partial charge in [-0.05, 0) is 25.0 Å². The van der Waals surface area contributed by atoms with E-state index in [-0.39, 0.29) is 42.3 Å². The Labute approximate surface area is 210 Å². The van der Waals surface area contributed by atoms with Crippen molar-refractivity contribution in [2.45, 2.75) is 42.7 Å². The molecule has 196 valence electrons. The Morgan fingerprint density at radius 1 is 1.06 bits per heavy atom. The molecule has 0 saturated carbocycles. The highest BCUT2D eigenvalue weighted by Crippen LogP contribution is 2.20. The molecule has 3 aliphatic rings. The Morgan fingerprint density at radius 3 is 2.47 bits per heavy atom. The first-order valence-electron chi connectivity index (χ1n) is 12.5. The smallest absolute Gasteiger partial charge is 0.245 e. The van der Waals surface area contributed by atoms with Gasteiger partial charge in [-0.3, -0.25) is 19.2 Å². The third-order valence-corrected chi connectivity index (χ3v) is 8.74. The SMILES string of the molecule is O=C1NCCC[C@@H]1NC(=O)[C@H]1CN(C(=O)CS(=O)(=O)c2ccccc2)CCN1C(=O)C1CC[NH2+]CC1. The summed E-state index contributed by atoms with van der Waals surface area (Å²) in [5.74, 6) is -2.43. The fraction of sp³-hybridized carbons (Fsp3) is 0.583. The maximum atomic E-state index is 13.4. The van der Waals surface area contributed by atoms with Crippen LogP contribution in [0.15, 0.2) is 35.2 Å². The van der Waals surface area contributed by atoms with Crippen molar-refractivity contribution in [2.24, 2.45) is 5.92 Å². The highest BCUT2D eigenvalue weighted by atomic mass is 32.2. The van der Waals surface area contributed by atoms with Crippen molar-refractivity contribution >= 4 is 33.5 Å². The number of carbonyl (C=O) groups excluding carboxylic acids is 4. The number of nitrogens with one attached hydrogen (secondary N) is 2. The Kier molecular flexibility index (Phi) is 8.24. The number of piperidine rings is 2. The molecule has 4 N–H and O–H groups in total. The second-order valence-electron chi connectivity index (χ2n) is 9.59. The van der Waals surface area contributed by atoms with Gasteiger partial charge in [0.2, 0.25) is 23.6 Å². The first-order valence-corrected chi connectivity index (χ1v) is 14.2. The molecule has 4 amide bonds. The van der Waals surface area contributed by atoms with Gasteiger partial charge in [0.05, 0.1) is 24.5 Å². The van der Waals surface area contributed by atoms with Gasteiger partial charge >= 0.3 is 0 Å². The molecule has 12 heteroatoms. The standard InChI is InChI=1S/C24H33N5O6S/c30-21(16-36(34,35)18-5-2-1-3-6-18)28-13-14-29(24(33)17-8-11-25-12-9-17)20(15-28)23(32)27-19-7-4-10-26-22(19)31/h1-3,5-6,17,19-20,25H,4,7-16H2,(H,26,31)(H,27,32)/p+1/t19-,20+/m0/s1. The van der Waals surface area contributed by atoms with Gasteiger partial charge < -0.3 is 25.8 Å². The van der Waals surface area contributed by atoms with Crippen LogP contribution in [0.4, 0.5) is 0 Å². The van der Waals surface area contributed by atoms with E-state index >= 15 is 0 Å². The quantitative estimate of drug-likeness (QED) is 0.390. The van der Waals surface area contributed by atoms with E-state index in [1.165, 1.54) is 21.9 Å². The predicted octanol–water partition coefficient (Wildman–Crippen LogP) is -2.13. The zero-order chi connectivity index (χ0) is 25.7. The van der Waals surface area contributed by atoms with Crippen LogP contribution in [0.3, 0.4) is 0 Å². The van der Waals surface area contributed by atoms with Crippen LogP contribution in [0.1, 0.15) is 25.7 Å². The lowest BCUT2D eigenvalue weighted by Crippen LogP contribution is -2.86. The summed E-state index contributed by atoms with van der Waals surface area (Å²) in [6, 6.07) is 6.06.